The van der Waals surface area contributed by atoms with Crippen LogP contribution < -0.4 is 10.2 Å². The van der Waals surface area contributed by atoms with Crippen LogP contribution in [0.1, 0.15) is 24.8 Å². The smallest absolute Gasteiger partial charge is 0.227 e. The van der Waals surface area contributed by atoms with E-state index in [1.54, 1.807) is 0 Å². The Morgan fingerprint density at radius 1 is 0.969 bits per heavy atom. The van der Waals surface area contributed by atoms with Gasteiger partial charge in [-0.1, -0.05) is 48.9 Å². The summed E-state index contributed by atoms with van der Waals surface area (Å²) in [5.74, 6) is 1.07. The molecule has 2 aromatic carbocycles. The normalized spacial score (nSPS) is 17.1. The zero-order valence-electron chi connectivity index (χ0n) is 18.3. The number of hydrogen-bond donors (Lipinski definition) is 1. The predicted molar refractivity (Wildman–Crippen MR) is 127 cm³/mol. The standard InChI is InChI=1S/C26H29N5O/c32-25(21-8-4-9-21)28-23-11-5-10-22(18-23)24-12-13-27-26(29-24)31-16-14-30(15-17-31)19-20-6-2-1-3-7-20/h1-3,5-7,10-13,18,21H,4,8-9,14-17,19H2,(H,28,32). The maximum absolute atomic E-state index is 12.3. The number of anilines is 2. The first kappa shape index (κ1) is 20.6. The van der Waals surface area contributed by atoms with Gasteiger partial charge in [-0.05, 0) is 36.6 Å². The molecule has 5 rings (SSSR count). The Morgan fingerprint density at radius 2 is 1.78 bits per heavy atom. The van der Waals surface area contributed by atoms with Crippen molar-refractivity contribution in [3.05, 3.63) is 72.4 Å². The monoisotopic (exact) mass is 427 g/mol. The first-order chi connectivity index (χ1) is 15.7. The van der Waals surface area contributed by atoms with E-state index in [0.717, 1.165) is 74.9 Å². The van der Waals surface area contributed by atoms with Gasteiger partial charge in [0.05, 0.1) is 5.69 Å². The van der Waals surface area contributed by atoms with E-state index < -0.39 is 0 Å². The topological polar surface area (TPSA) is 61.4 Å². The number of nitrogens with one attached hydrogen (secondary N) is 1. The van der Waals surface area contributed by atoms with E-state index >= 15 is 0 Å². The largest absolute Gasteiger partial charge is 0.338 e. The molecule has 6 heteroatoms. The number of carbonyl (C=O) groups is 1. The lowest BCUT2D eigenvalue weighted by Crippen LogP contribution is -2.46. The molecule has 6 nitrogen and oxygen atoms in total. The number of amides is 1. The van der Waals surface area contributed by atoms with E-state index in [1.807, 2.05) is 36.5 Å². The Bertz CT molecular complexity index is 1060. The molecule has 2 fully saturated rings. The molecule has 1 saturated heterocycles. The third-order valence-corrected chi connectivity index (χ3v) is 6.45. The van der Waals surface area contributed by atoms with Crippen LogP contribution in [0.5, 0.6) is 0 Å². The highest BCUT2D eigenvalue weighted by Gasteiger charge is 2.25. The van der Waals surface area contributed by atoms with Gasteiger partial charge in [0.1, 0.15) is 0 Å². The molecule has 32 heavy (non-hydrogen) atoms. The number of nitrogens with zero attached hydrogens (tertiary/aromatic N) is 4. The second-order valence-corrected chi connectivity index (χ2v) is 8.69. The van der Waals surface area contributed by atoms with E-state index in [2.05, 4.69) is 50.4 Å². The van der Waals surface area contributed by atoms with Gasteiger partial charge in [-0.15, -0.1) is 0 Å². The molecular weight excluding hydrogens is 398 g/mol. The van der Waals surface area contributed by atoms with E-state index in [-0.39, 0.29) is 11.8 Å². The fraction of sp³-hybridized carbons (Fsp3) is 0.346. The Labute approximate surface area is 189 Å². The highest BCUT2D eigenvalue weighted by Crippen LogP contribution is 2.28. The highest BCUT2D eigenvalue weighted by molar-refractivity contribution is 5.93. The molecule has 1 saturated carbocycles. The number of piperazine rings is 1. The van der Waals surface area contributed by atoms with Crippen molar-refractivity contribution in [1.82, 2.24) is 14.9 Å². The summed E-state index contributed by atoms with van der Waals surface area (Å²) in [7, 11) is 0. The lowest BCUT2D eigenvalue weighted by molar-refractivity contribution is -0.122. The summed E-state index contributed by atoms with van der Waals surface area (Å²) in [5.41, 5.74) is 4.04. The molecule has 0 bridgehead atoms. The van der Waals surface area contributed by atoms with Gasteiger partial charge in [0.25, 0.3) is 0 Å². The highest BCUT2D eigenvalue weighted by atomic mass is 16.1. The van der Waals surface area contributed by atoms with E-state index in [0.29, 0.717) is 0 Å². The lowest BCUT2D eigenvalue weighted by atomic mass is 9.85. The van der Waals surface area contributed by atoms with Crippen molar-refractivity contribution < 1.29 is 4.79 Å². The third-order valence-electron chi connectivity index (χ3n) is 6.45. The predicted octanol–water partition coefficient (Wildman–Crippen LogP) is 4.20. The van der Waals surface area contributed by atoms with E-state index in [4.69, 9.17) is 4.98 Å². The van der Waals surface area contributed by atoms with Gasteiger partial charge in [-0.25, -0.2) is 9.97 Å². The summed E-state index contributed by atoms with van der Waals surface area (Å²) in [5, 5.41) is 3.06. The molecule has 0 atom stereocenters. The molecule has 0 radical (unpaired) electrons. The van der Waals surface area contributed by atoms with Crippen molar-refractivity contribution in [2.45, 2.75) is 25.8 Å². The molecule has 1 aromatic heterocycles. The van der Waals surface area contributed by atoms with Crippen LogP contribution in [0.15, 0.2) is 66.9 Å². The summed E-state index contributed by atoms with van der Waals surface area (Å²) < 4.78 is 0. The van der Waals surface area contributed by atoms with Gasteiger partial charge in [-0.2, -0.15) is 0 Å². The van der Waals surface area contributed by atoms with Crippen LogP contribution >= 0.6 is 0 Å². The minimum absolute atomic E-state index is 0.130. The van der Waals surface area contributed by atoms with Crippen LogP contribution in [-0.2, 0) is 11.3 Å². The van der Waals surface area contributed by atoms with E-state index in [1.165, 1.54) is 5.56 Å². The summed E-state index contributed by atoms with van der Waals surface area (Å²) in [4.78, 5) is 26.4. The molecule has 0 unspecified atom stereocenters. The van der Waals surface area contributed by atoms with Crippen LogP contribution in [-0.4, -0.2) is 47.0 Å². The molecule has 164 valence electrons. The average molecular weight is 428 g/mol. The van der Waals surface area contributed by atoms with Crippen LogP contribution in [0, 0.1) is 5.92 Å². The van der Waals surface area contributed by atoms with Crippen molar-refractivity contribution in [2.75, 3.05) is 36.4 Å². The van der Waals surface area contributed by atoms with Crippen molar-refractivity contribution in [3.63, 3.8) is 0 Å². The average Bonchev–Trinajstić information content (AvgIpc) is 2.79. The maximum atomic E-state index is 12.3. The van der Waals surface area contributed by atoms with Crippen molar-refractivity contribution in [2.24, 2.45) is 5.92 Å². The molecular formula is C26H29N5O. The molecule has 1 amide bonds. The fourth-order valence-electron chi connectivity index (χ4n) is 4.28. The third kappa shape index (κ3) is 4.81. The van der Waals surface area contributed by atoms with Crippen molar-refractivity contribution in [3.8, 4) is 11.3 Å². The summed E-state index contributed by atoms with van der Waals surface area (Å²) in [6.45, 7) is 4.78. The SMILES string of the molecule is O=C(Nc1cccc(-c2ccnc(N3CCN(Cc4ccccc4)CC3)n2)c1)C1CCC1. The van der Waals surface area contributed by atoms with Gasteiger partial charge in [0, 0.05) is 56.1 Å². The second-order valence-electron chi connectivity index (χ2n) is 8.69. The zero-order chi connectivity index (χ0) is 21.8. The van der Waals surface area contributed by atoms with E-state index in [9.17, 15) is 4.79 Å². The summed E-state index contributed by atoms with van der Waals surface area (Å²) in [6.07, 6.45) is 4.98. The van der Waals surface area contributed by atoms with Gasteiger partial charge in [0.15, 0.2) is 0 Å². The Balaban J connectivity index is 1.23. The number of benzene rings is 2. The van der Waals surface area contributed by atoms with Gasteiger partial charge in [-0.3, -0.25) is 9.69 Å². The summed E-state index contributed by atoms with van der Waals surface area (Å²) >= 11 is 0. The van der Waals surface area contributed by atoms with Crippen molar-refractivity contribution >= 4 is 17.5 Å². The van der Waals surface area contributed by atoms with Gasteiger partial charge < -0.3 is 10.2 Å². The molecule has 1 aliphatic carbocycles. The number of carbonyl (C=O) groups excluding carboxylic acids is 1. The second kappa shape index (κ2) is 9.49. The minimum atomic E-state index is 0.130. The molecule has 3 aromatic rings. The minimum Gasteiger partial charge on any atom is -0.338 e. The Kier molecular flexibility index (Phi) is 6.12. The quantitative estimate of drug-likeness (QED) is 0.639. The number of hydrogen-bond acceptors (Lipinski definition) is 5. The van der Waals surface area contributed by atoms with Crippen LogP contribution in [0.25, 0.3) is 11.3 Å². The molecule has 1 N–H and O–H groups in total. The molecule has 1 aliphatic heterocycles. The first-order valence-corrected chi connectivity index (χ1v) is 11.5. The molecule has 2 aliphatic rings. The van der Waals surface area contributed by atoms with Gasteiger partial charge in [0.2, 0.25) is 11.9 Å². The van der Waals surface area contributed by atoms with Crippen LogP contribution in [0.2, 0.25) is 0 Å². The number of aromatic nitrogens is 2. The van der Waals surface area contributed by atoms with Crippen molar-refractivity contribution in [1.29, 1.82) is 0 Å². The Morgan fingerprint density at radius 3 is 2.53 bits per heavy atom. The van der Waals surface area contributed by atoms with Crippen LogP contribution in [0.4, 0.5) is 11.6 Å². The maximum Gasteiger partial charge on any atom is 0.227 e. The zero-order valence-corrected chi connectivity index (χ0v) is 18.3. The lowest BCUT2D eigenvalue weighted by Gasteiger charge is -2.34. The summed E-state index contributed by atoms with van der Waals surface area (Å²) in [6, 6.07) is 20.5. The fourth-order valence-corrected chi connectivity index (χ4v) is 4.28. The first-order valence-electron chi connectivity index (χ1n) is 11.5. The molecule has 0 spiro atoms. The Hall–Kier alpha value is -3.25. The number of rotatable bonds is 6. The molecule has 2 heterocycles. The van der Waals surface area contributed by atoms with Crippen LogP contribution in [0.3, 0.4) is 0 Å². The van der Waals surface area contributed by atoms with Gasteiger partial charge >= 0.3 is 0 Å².